The number of carbonyl (C=O) groups excluding carboxylic acids is 7. The van der Waals surface area contributed by atoms with Crippen LogP contribution in [0.1, 0.15) is 213 Å². The summed E-state index contributed by atoms with van der Waals surface area (Å²) in [5.74, 6) is -9.05. The van der Waals surface area contributed by atoms with Crippen molar-refractivity contribution in [2.75, 3.05) is 65.9 Å². The second kappa shape index (κ2) is 54.9. The van der Waals surface area contributed by atoms with Crippen LogP contribution < -0.4 is 16.0 Å². The van der Waals surface area contributed by atoms with E-state index in [0.717, 1.165) is 44.9 Å². The third-order valence-electron chi connectivity index (χ3n) is 13.5. The van der Waals surface area contributed by atoms with Crippen molar-refractivity contribution in [3.05, 3.63) is 0 Å². The predicted molar refractivity (Wildman–Crippen MR) is 311 cm³/mol. The molecule has 0 saturated heterocycles. The normalized spacial score (nSPS) is 12.4. The van der Waals surface area contributed by atoms with Gasteiger partial charge >= 0.3 is 23.9 Å². The predicted octanol–water partition coefficient (Wildman–Crippen LogP) is 7.42. The first kappa shape index (κ1) is 80.1. The summed E-state index contributed by atoms with van der Waals surface area (Å²) in [6.45, 7) is 8.19. The quantitative estimate of drug-likeness (QED) is 0.0127. The van der Waals surface area contributed by atoms with Crippen LogP contribution in [0.4, 0.5) is 0 Å². The van der Waals surface area contributed by atoms with E-state index in [1.54, 1.807) is 0 Å². The monoisotopic (exact) mass is 1210 g/mol. The maximum atomic E-state index is 12.4. The Hall–Kier alpha value is -5.00. The molecule has 0 rings (SSSR count). The van der Waals surface area contributed by atoms with Gasteiger partial charge in [0.25, 0.3) is 5.91 Å². The highest BCUT2D eigenvalue weighted by Gasteiger charge is 2.26. The number of amides is 4. The Morgan fingerprint density at radius 1 is 0.446 bits per heavy atom. The summed E-state index contributed by atoms with van der Waals surface area (Å²) >= 11 is 0. The van der Waals surface area contributed by atoms with Crippen molar-refractivity contribution in [2.45, 2.75) is 219 Å². The summed E-state index contributed by atoms with van der Waals surface area (Å²) in [5, 5.41) is 54.0. The molecule has 0 radical (unpaired) electrons. The fraction of sp³-hybridized carbons (Fsp3) is 0.810. The van der Waals surface area contributed by atoms with E-state index in [1.807, 2.05) is 23.2 Å². The van der Waals surface area contributed by atoms with Crippen LogP contribution in [-0.4, -0.2) is 167 Å². The molecule has 8 N–H and O–H groups in total. The highest BCUT2D eigenvalue weighted by Crippen LogP contribution is 2.20. The van der Waals surface area contributed by atoms with Crippen LogP contribution in [-0.2, 0) is 71.7 Å². The smallest absolute Gasteiger partial charge is 0.326 e. The zero-order chi connectivity index (χ0) is 62.5. The van der Waals surface area contributed by atoms with Gasteiger partial charge in [0.05, 0.1) is 44.9 Å². The summed E-state index contributed by atoms with van der Waals surface area (Å²) < 4.78 is 20.9. The van der Waals surface area contributed by atoms with Crippen LogP contribution in [0.5, 0.6) is 0 Å². The SMILES string of the molecule is CCOCCOCCCC(=O)CC[C@H](NC(=O)CCCCCCCCCCCCCCCCC(=O)O)C(=O)O.CC[C@@H](CCCCNC(=O)CC[C@H](CC(=O)CC[C@H](CC(=O)COCCOCCNC(C)=O)C(=O)O)C(=O)O)C(=O)N(O)P. The number of hydrogen-bond acceptors (Lipinski definition) is 16. The lowest BCUT2D eigenvalue weighted by molar-refractivity contribution is -0.150. The molecule has 83 heavy (non-hydrogen) atoms. The van der Waals surface area contributed by atoms with Crippen molar-refractivity contribution in [3.63, 3.8) is 0 Å². The number of carbonyl (C=O) groups is 11. The molecular weight excluding hydrogens is 1100 g/mol. The lowest BCUT2D eigenvalue weighted by atomic mass is 9.91. The highest BCUT2D eigenvalue weighted by atomic mass is 31.0. The van der Waals surface area contributed by atoms with Gasteiger partial charge in [0.15, 0.2) is 5.78 Å². The van der Waals surface area contributed by atoms with Gasteiger partial charge in [-0.2, -0.15) is 0 Å². The summed E-state index contributed by atoms with van der Waals surface area (Å²) in [5.41, 5.74) is 0. The van der Waals surface area contributed by atoms with Crippen molar-refractivity contribution in [3.8, 4) is 0 Å². The standard InChI is InChI=1S/C30H55NO8.C28H48N3O12P/c1-2-38-24-25-39-23-17-18-26(32)21-22-27(30(36)37)31-28(33)19-15-13-11-9-7-5-3-4-6-8-10-12-14-16-20-29(34)35;1-3-20(26(36)31(41)44)6-4-5-11-30-25(35)10-8-22(28(39)40)16-23(33)9-7-21(27(37)38)17-24(34)18-43-15-14-42-13-12-29-19(2)32/h27H,2-25H2,1H3,(H,31,33)(H,34,35)(H,36,37);20-22,41H,3-18,44H2,1-2H3,(H,29,32)(H,30,35)(H,37,38)(H,39,40)/t27-;20-,21+,22+/m00/s1. The molecule has 0 fully saturated rings. The molecule has 480 valence electrons. The number of nitrogens with one attached hydrogen (secondary N) is 3. The van der Waals surface area contributed by atoms with E-state index in [4.69, 9.17) is 24.1 Å². The Morgan fingerprint density at radius 2 is 0.952 bits per heavy atom. The number of carboxylic acid groups (broad SMARTS) is 4. The van der Waals surface area contributed by atoms with Crippen molar-refractivity contribution in [1.82, 2.24) is 20.8 Å². The summed E-state index contributed by atoms with van der Waals surface area (Å²) in [6, 6.07) is -1.03. The minimum atomic E-state index is -1.25. The number of carboxylic acids is 4. The van der Waals surface area contributed by atoms with Gasteiger partial charge in [-0.05, 0) is 74.1 Å². The largest absolute Gasteiger partial charge is 0.481 e. The molecule has 0 bridgehead atoms. The van der Waals surface area contributed by atoms with E-state index < -0.39 is 59.2 Å². The topological polar surface area (TPSA) is 365 Å². The van der Waals surface area contributed by atoms with Crippen molar-refractivity contribution >= 4 is 74.2 Å². The van der Waals surface area contributed by atoms with Gasteiger partial charge < -0.3 is 55.3 Å². The van der Waals surface area contributed by atoms with Crippen LogP contribution in [0.15, 0.2) is 0 Å². The number of ketones is 3. The minimum Gasteiger partial charge on any atom is -0.481 e. The fourth-order valence-electron chi connectivity index (χ4n) is 8.58. The van der Waals surface area contributed by atoms with Crippen LogP contribution in [0.2, 0.25) is 0 Å². The van der Waals surface area contributed by atoms with Gasteiger partial charge in [-0.3, -0.25) is 53.2 Å². The number of ether oxygens (including phenoxy) is 4. The number of nitrogens with zero attached hydrogens (tertiary/aromatic N) is 1. The van der Waals surface area contributed by atoms with Crippen LogP contribution >= 0.6 is 9.39 Å². The number of aliphatic carboxylic acids is 4. The first-order valence-electron chi connectivity index (χ1n) is 30.0. The molecule has 1 unspecified atom stereocenters. The van der Waals surface area contributed by atoms with Gasteiger partial charge in [-0.15, -0.1) is 0 Å². The van der Waals surface area contributed by atoms with Gasteiger partial charge in [-0.1, -0.05) is 90.4 Å². The third-order valence-corrected chi connectivity index (χ3v) is 13.7. The fourth-order valence-corrected chi connectivity index (χ4v) is 8.79. The molecule has 0 aromatic rings. The van der Waals surface area contributed by atoms with Crippen LogP contribution in [0.3, 0.4) is 0 Å². The molecule has 0 saturated carbocycles. The van der Waals surface area contributed by atoms with E-state index in [1.165, 1.54) is 51.9 Å². The molecular formula is C58H103N4O20P. The van der Waals surface area contributed by atoms with E-state index in [0.29, 0.717) is 89.3 Å². The Bertz CT molecular complexity index is 1840. The Labute approximate surface area is 493 Å². The third kappa shape index (κ3) is 52.3. The maximum absolute atomic E-state index is 12.4. The van der Waals surface area contributed by atoms with Crippen LogP contribution in [0, 0.1) is 17.8 Å². The number of rotatable bonds is 57. The zero-order valence-corrected chi connectivity index (χ0v) is 51.1. The van der Waals surface area contributed by atoms with Gasteiger partial charge in [0.1, 0.15) is 24.2 Å². The van der Waals surface area contributed by atoms with Gasteiger partial charge in [0, 0.05) is 90.5 Å². The molecule has 4 amide bonds. The lowest BCUT2D eigenvalue weighted by Crippen LogP contribution is -2.41. The number of Topliss-reactive ketones (excluding diaryl/α,β-unsaturated/α-hetero) is 3. The van der Waals surface area contributed by atoms with Gasteiger partial charge in [-0.25, -0.2) is 9.63 Å². The number of hydroxylamine groups is 1. The molecule has 0 heterocycles. The zero-order valence-electron chi connectivity index (χ0n) is 50.0. The lowest BCUT2D eigenvalue weighted by Gasteiger charge is -2.17. The van der Waals surface area contributed by atoms with E-state index in [-0.39, 0.29) is 114 Å². The van der Waals surface area contributed by atoms with Gasteiger partial charge in [0.2, 0.25) is 17.7 Å². The summed E-state index contributed by atoms with van der Waals surface area (Å²) in [7, 11) is 1.91. The Balaban J connectivity index is 0. The van der Waals surface area contributed by atoms with Crippen LogP contribution in [0.25, 0.3) is 0 Å². The second-order valence-electron chi connectivity index (χ2n) is 20.7. The Morgan fingerprint density at radius 3 is 1.47 bits per heavy atom. The number of unbranched alkanes of at least 4 members (excludes halogenated alkanes) is 14. The van der Waals surface area contributed by atoms with Crippen molar-refractivity contribution < 1.29 is 97.3 Å². The van der Waals surface area contributed by atoms with E-state index in [9.17, 15) is 73.3 Å². The maximum Gasteiger partial charge on any atom is 0.326 e. The second-order valence-corrected chi connectivity index (χ2v) is 21.2. The molecule has 0 aliphatic rings. The summed E-state index contributed by atoms with van der Waals surface area (Å²) in [4.78, 5) is 129. The minimum absolute atomic E-state index is 0.0196. The highest BCUT2D eigenvalue weighted by molar-refractivity contribution is 7.14. The van der Waals surface area contributed by atoms with E-state index in [2.05, 4.69) is 16.0 Å². The molecule has 0 aliphatic heterocycles. The van der Waals surface area contributed by atoms with E-state index >= 15 is 0 Å². The molecule has 24 nitrogen and oxygen atoms in total. The molecule has 0 aromatic carbocycles. The first-order chi connectivity index (χ1) is 39.6. The summed E-state index contributed by atoms with van der Waals surface area (Å²) in [6.07, 6.45) is 18.4. The molecule has 5 atom stereocenters. The number of hydrogen-bond donors (Lipinski definition) is 8. The molecule has 0 spiro atoms. The molecule has 25 heteroatoms. The Kier molecular flexibility index (Phi) is 53.0. The van der Waals surface area contributed by atoms with Crippen molar-refractivity contribution in [1.29, 1.82) is 0 Å². The molecule has 0 aliphatic carbocycles. The molecule has 0 aromatic heterocycles. The first-order valence-corrected chi connectivity index (χ1v) is 30.5. The average Bonchev–Trinajstić information content (AvgIpc) is 3.43. The average molecular weight is 1210 g/mol. The van der Waals surface area contributed by atoms with Crippen molar-refractivity contribution in [2.24, 2.45) is 17.8 Å².